The van der Waals surface area contributed by atoms with Crippen LogP contribution in [0.1, 0.15) is 20.8 Å². The lowest BCUT2D eigenvalue weighted by Crippen LogP contribution is -2.50. The number of nitrogens with zero attached hydrogens (tertiary/aromatic N) is 1. The largest absolute Gasteiger partial charge is 0.481 e. The van der Waals surface area contributed by atoms with Crippen LogP contribution in [0, 0.1) is 5.41 Å². The van der Waals surface area contributed by atoms with Gasteiger partial charge in [0, 0.05) is 32.2 Å². The van der Waals surface area contributed by atoms with Crippen molar-refractivity contribution in [1.29, 1.82) is 0 Å². The van der Waals surface area contributed by atoms with E-state index in [4.69, 9.17) is 9.84 Å². The van der Waals surface area contributed by atoms with Crippen LogP contribution in [0.3, 0.4) is 0 Å². The van der Waals surface area contributed by atoms with Gasteiger partial charge in [0.2, 0.25) is 0 Å². The van der Waals surface area contributed by atoms with Crippen LogP contribution in [-0.2, 0) is 9.53 Å². The van der Waals surface area contributed by atoms with Crippen molar-refractivity contribution in [2.45, 2.75) is 26.8 Å². The molecule has 7 heteroatoms. The van der Waals surface area contributed by atoms with Gasteiger partial charge in [0.15, 0.2) is 0 Å². The van der Waals surface area contributed by atoms with Gasteiger partial charge < -0.3 is 20.5 Å². The highest BCUT2D eigenvalue weighted by Crippen LogP contribution is 2.12. The van der Waals surface area contributed by atoms with Crippen molar-refractivity contribution >= 4 is 12.0 Å². The average Bonchev–Trinajstić information content (AvgIpc) is 2.37. The van der Waals surface area contributed by atoms with Crippen LogP contribution in [0.4, 0.5) is 4.79 Å². The van der Waals surface area contributed by atoms with Crippen molar-refractivity contribution < 1.29 is 19.4 Å². The number of aliphatic carboxylic acids is 1. The summed E-state index contributed by atoms with van der Waals surface area (Å²) in [7, 11) is 0. The van der Waals surface area contributed by atoms with Crippen molar-refractivity contribution in [2.75, 3.05) is 39.4 Å². The molecule has 1 heterocycles. The monoisotopic (exact) mass is 287 g/mol. The van der Waals surface area contributed by atoms with Crippen molar-refractivity contribution in [1.82, 2.24) is 15.5 Å². The Labute approximate surface area is 119 Å². The van der Waals surface area contributed by atoms with E-state index in [1.165, 1.54) is 0 Å². The molecule has 0 radical (unpaired) electrons. The quantitative estimate of drug-likeness (QED) is 0.645. The third-order valence-electron chi connectivity index (χ3n) is 3.28. The highest BCUT2D eigenvalue weighted by atomic mass is 16.5. The number of carbonyl (C=O) groups excluding carboxylic acids is 1. The molecule has 3 N–H and O–H groups in total. The van der Waals surface area contributed by atoms with Gasteiger partial charge in [0.05, 0.1) is 18.6 Å². The predicted molar refractivity (Wildman–Crippen MR) is 74.7 cm³/mol. The number of urea groups is 1. The normalized spacial score (nSPS) is 18.4. The lowest BCUT2D eigenvalue weighted by atomic mass is 9.94. The molecule has 116 valence electrons. The lowest BCUT2D eigenvalue weighted by molar-refractivity contribution is -0.146. The van der Waals surface area contributed by atoms with Gasteiger partial charge in [0.1, 0.15) is 0 Å². The van der Waals surface area contributed by atoms with E-state index in [0.717, 1.165) is 32.8 Å². The molecule has 1 rings (SSSR count). The van der Waals surface area contributed by atoms with Gasteiger partial charge in [-0.05, 0) is 20.8 Å². The minimum absolute atomic E-state index is 0.000963. The van der Waals surface area contributed by atoms with Gasteiger partial charge in [-0.25, -0.2) is 4.79 Å². The van der Waals surface area contributed by atoms with E-state index in [2.05, 4.69) is 15.5 Å². The molecule has 20 heavy (non-hydrogen) atoms. The Morgan fingerprint density at radius 3 is 2.50 bits per heavy atom. The SMILES string of the molecule is CC(CN1CCOCC1)NC(=O)NCC(C)(C)C(=O)O. The molecule has 1 atom stereocenters. The molecule has 0 aromatic carbocycles. The average molecular weight is 287 g/mol. The zero-order valence-corrected chi connectivity index (χ0v) is 12.4. The maximum atomic E-state index is 11.7. The van der Waals surface area contributed by atoms with Gasteiger partial charge >= 0.3 is 12.0 Å². The first kappa shape index (κ1) is 16.7. The zero-order chi connectivity index (χ0) is 15.2. The van der Waals surface area contributed by atoms with Gasteiger partial charge in [0.25, 0.3) is 0 Å². The van der Waals surface area contributed by atoms with Crippen LogP contribution in [0.15, 0.2) is 0 Å². The summed E-state index contributed by atoms with van der Waals surface area (Å²) < 4.78 is 5.26. The fraction of sp³-hybridized carbons (Fsp3) is 0.846. The number of carboxylic acids is 1. The van der Waals surface area contributed by atoms with Gasteiger partial charge in [-0.1, -0.05) is 0 Å². The lowest BCUT2D eigenvalue weighted by Gasteiger charge is -2.29. The first-order valence-corrected chi connectivity index (χ1v) is 6.89. The van der Waals surface area contributed by atoms with E-state index in [0.29, 0.717) is 0 Å². The molecule has 1 aliphatic rings. The summed E-state index contributed by atoms with van der Waals surface area (Å²) >= 11 is 0. The highest BCUT2D eigenvalue weighted by molar-refractivity contribution is 5.77. The Bertz CT molecular complexity index is 341. The van der Waals surface area contributed by atoms with Crippen LogP contribution in [0.5, 0.6) is 0 Å². The number of carbonyl (C=O) groups is 2. The Morgan fingerprint density at radius 2 is 1.95 bits per heavy atom. The summed E-state index contributed by atoms with van der Waals surface area (Å²) in [6, 6.07) is -0.332. The molecule has 2 amide bonds. The third-order valence-corrected chi connectivity index (χ3v) is 3.28. The first-order chi connectivity index (χ1) is 9.31. The second-order valence-electron chi connectivity index (χ2n) is 5.83. The third kappa shape index (κ3) is 5.75. The number of rotatable bonds is 6. The molecule has 0 spiro atoms. The number of ether oxygens (including phenoxy) is 1. The van der Waals surface area contributed by atoms with Crippen LogP contribution in [-0.4, -0.2) is 67.4 Å². The van der Waals surface area contributed by atoms with E-state index in [-0.39, 0.29) is 18.6 Å². The number of hydrogen-bond donors (Lipinski definition) is 3. The number of carboxylic acid groups (broad SMARTS) is 1. The highest BCUT2D eigenvalue weighted by Gasteiger charge is 2.27. The maximum Gasteiger partial charge on any atom is 0.315 e. The van der Waals surface area contributed by atoms with Crippen LogP contribution in [0.25, 0.3) is 0 Å². The van der Waals surface area contributed by atoms with Crippen LogP contribution in [0.2, 0.25) is 0 Å². The fourth-order valence-electron chi connectivity index (χ4n) is 1.87. The minimum Gasteiger partial charge on any atom is -0.481 e. The topological polar surface area (TPSA) is 90.9 Å². The fourth-order valence-corrected chi connectivity index (χ4v) is 1.87. The Morgan fingerprint density at radius 1 is 1.35 bits per heavy atom. The maximum absolute atomic E-state index is 11.7. The molecule has 0 aromatic rings. The molecule has 1 unspecified atom stereocenters. The molecule has 0 aliphatic carbocycles. The summed E-state index contributed by atoms with van der Waals surface area (Å²) in [5, 5.41) is 14.4. The number of morpholine rings is 1. The first-order valence-electron chi connectivity index (χ1n) is 6.89. The van der Waals surface area contributed by atoms with E-state index in [1.54, 1.807) is 13.8 Å². The van der Waals surface area contributed by atoms with E-state index in [1.807, 2.05) is 6.92 Å². The van der Waals surface area contributed by atoms with Crippen molar-refractivity contribution in [3.63, 3.8) is 0 Å². The van der Waals surface area contributed by atoms with E-state index < -0.39 is 11.4 Å². The number of hydrogen-bond acceptors (Lipinski definition) is 4. The van der Waals surface area contributed by atoms with Crippen molar-refractivity contribution in [2.24, 2.45) is 5.41 Å². The molecule has 1 fully saturated rings. The standard InChI is InChI=1S/C13H25N3O4/c1-10(8-16-4-6-20-7-5-16)15-12(19)14-9-13(2,3)11(17)18/h10H,4-9H2,1-3H3,(H,17,18)(H2,14,15,19). The zero-order valence-electron chi connectivity index (χ0n) is 12.4. The second-order valence-corrected chi connectivity index (χ2v) is 5.83. The van der Waals surface area contributed by atoms with Crippen molar-refractivity contribution in [3.8, 4) is 0 Å². The molecule has 1 aliphatic heterocycles. The summed E-state index contributed by atoms with van der Waals surface area (Å²) in [5.41, 5.74) is -0.967. The Balaban J connectivity index is 2.25. The molecular formula is C13H25N3O4. The van der Waals surface area contributed by atoms with E-state index in [9.17, 15) is 9.59 Å². The van der Waals surface area contributed by atoms with Gasteiger partial charge in [-0.3, -0.25) is 9.69 Å². The predicted octanol–water partition coefficient (Wildman–Crippen LogP) is 0.117. The summed E-state index contributed by atoms with van der Waals surface area (Å²) in [5.74, 6) is -0.931. The van der Waals surface area contributed by atoms with Gasteiger partial charge in [-0.15, -0.1) is 0 Å². The molecule has 0 bridgehead atoms. The number of nitrogens with one attached hydrogen (secondary N) is 2. The number of amides is 2. The molecular weight excluding hydrogens is 262 g/mol. The Kier molecular flexibility index (Phi) is 6.22. The summed E-state index contributed by atoms with van der Waals surface area (Å²) in [6.07, 6.45) is 0. The smallest absolute Gasteiger partial charge is 0.315 e. The molecule has 7 nitrogen and oxygen atoms in total. The van der Waals surface area contributed by atoms with Gasteiger partial charge in [-0.2, -0.15) is 0 Å². The molecule has 0 saturated carbocycles. The molecule has 0 aromatic heterocycles. The minimum atomic E-state index is -0.967. The van der Waals surface area contributed by atoms with Crippen LogP contribution >= 0.6 is 0 Å². The van der Waals surface area contributed by atoms with Crippen LogP contribution < -0.4 is 10.6 Å². The van der Waals surface area contributed by atoms with Crippen molar-refractivity contribution in [3.05, 3.63) is 0 Å². The second kappa shape index (κ2) is 7.44. The van der Waals surface area contributed by atoms with E-state index >= 15 is 0 Å². The summed E-state index contributed by atoms with van der Waals surface area (Å²) in [4.78, 5) is 24.9. The molecule has 1 saturated heterocycles. The Hall–Kier alpha value is -1.34. The summed E-state index contributed by atoms with van der Waals surface area (Å²) in [6.45, 7) is 9.14.